The number of nitrogens with one attached hydrogen (secondary N) is 1. The van der Waals surface area contributed by atoms with Crippen molar-refractivity contribution in [3.8, 4) is 0 Å². The van der Waals surface area contributed by atoms with Crippen LogP contribution in [0.3, 0.4) is 0 Å². The fraction of sp³-hybridized carbons (Fsp3) is 0.538. The lowest BCUT2D eigenvalue weighted by Gasteiger charge is -2.27. The van der Waals surface area contributed by atoms with E-state index in [1.54, 1.807) is 6.20 Å². The Morgan fingerprint density at radius 2 is 2.35 bits per heavy atom. The van der Waals surface area contributed by atoms with Crippen molar-refractivity contribution >= 4 is 11.7 Å². The van der Waals surface area contributed by atoms with E-state index >= 15 is 0 Å². The van der Waals surface area contributed by atoms with Crippen LogP contribution in [0.4, 0.5) is 5.82 Å². The average Bonchev–Trinajstić information content (AvgIpc) is 2.64. The van der Waals surface area contributed by atoms with Gasteiger partial charge in [0.15, 0.2) is 0 Å². The Morgan fingerprint density at radius 3 is 2.88 bits per heavy atom. The molecule has 1 saturated carbocycles. The van der Waals surface area contributed by atoms with Gasteiger partial charge < -0.3 is 11.1 Å². The molecule has 1 aromatic heterocycles. The van der Waals surface area contributed by atoms with Crippen LogP contribution < -0.4 is 11.1 Å². The molecule has 3 N–H and O–H groups in total. The van der Waals surface area contributed by atoms with Crippen LogP contribution in [0.1, 0.15) is 31.7 Å². The van der Waals surface area contributed by atoms with Gasteiger partial charge in [-0.15, -0.1) is 0 Å². The lowest BCUT2D eigenvalue weighted by Crippen LogP contribution is -2.44. The van der Waals surface area contributed by atoms with Crippen LogP contribution in [0.25, 0.3) is 0 Å². The predicted molar refractivity (Wildman–Crippen MR) is 67.5 cm³/mol. The summed E-state index contributed by atoms with van der Waals surface area (Å²) in [7, 11) is 0. The maximum absolute atomic E-state index is 12.2. The fourth-order valence-corrected chi connectivity index (χ4v) is 2.28. The maximum Gasteiger partial charge on any atom is 0.233 e. The molecule has 4 nitrogen and oxygen atoms in total. The highest BCUT2D eigenvalue weighted by atomic mass is 16.2. The molecule has 92 valence electrons. The number of nitrogens with zero attached hydrogens (tertiary/aromatic N) is 1. The summed E-state index contributed by atoms with van der Waals surface area (Å²) in [6, 6.07) is 3.70. The van der Waals surface area contributed by atoms with E-state index in [0.717, 1.165) is 24.8 Å². The number of aryl methyl sites for hydroxylation is 1. The van der Waals surface area contributed by atoms with E-state index in [-0.39, 0.29) is 11.9 Å². The Balaban J connectivity index is 2.09. The first kappa shape index (κ1) is 12.0. The highest BCUT2D eigenvalue weighted by molar-refractivity contribution is 5.95. The van der Waals surface area contributed by atoms with Gasteiger partial charge in [-0.2, -0.15) is 0 Å². The summed E-state index contributed by atoms with van der Waals surface area (Å²) in [5, 5.41) is 2.85. The molecule has 0 radical (unpaired) electrons. The van der Waals surface area contributed by atoms with Gasteiger partial charge in [0, 0.05) is 12.2 Å². The molecule has 0 aliphatic heterocycles. The van der Waals surface area contributed by atoms with Crippen molar-refractivity contribution < 1.29 is 4.79 Å². The van der Waals surface area contributed by atoms with Crippen LogP contribution >= 0.6 is 0 Å². The molecule has 1 heterocycles. The SMILES string of the molecule is Cc1ccc(NC(=O)C2(C)CCCC2N)nc1. The molecular formula is C13H19N3O. The lowest BCUT2D eigenvalue weighted by molar-refractivity contribution is -0.125. The zero-order valence-corrected chi connectivity index (χ0v) is 10.4. The van der Waals surface area contributed by atoms with Crippen LogP contribution in [-0.4, -0.2) is 16.9 Å². The summed E-state index contributed by atoms with van der Waals surface area (Å²) in [6.45, 7) is 3.90. The van der Waals surface area contributed by atoms with Crippen molar-refractivity contribution in [1.29, 1.82) is 0 Å². The van der Waals surface area contributed by atoms with Crippen LogP contribution in [0.5, 0.6) is 0 Å². The molecule has 2 rings (SSSR count). The second kappa shape index (κ2) is 4.45. The summed E-state index contributed by atoms with van der Waals surface area (Å²) in [4.78, 5) is 16.4. The zero-order chi connectivity index (χ0) is 12.5. The molecule has 0 saturated heterocycles. The molecule has 0 bridgehead atoms. The lowest BCUT2D eigenvalue weighted by atomic mass is 9.84. The molecule has 17 heavy (non-hydrogen) atoms. The molecule has 4 heteroatoms. The molecule has 1 fully saturated rings. The first-order chi connectivity index (χ1) is 8.02. The maximum atomic E-state index is 12.2. The van der Waals surface area contributed by atoms with Crippen molar-refractivity contribution in [2.75, 3.05) is 5.32 Å². The minimum absolute atomic E-state index is 0.0150. The van der Waals surface area contributed by atoms with Crippen molar-refractivity contribution in [1.82, 2.24) is 4.98 Å². The highest BCUT2D eigenvalue weighted by Crippen LogP contribution is 2.37. The number of pyridine rings is 1. The Morgan fingerprint density at radius 1 is 1.59 bits per heavy atom. The van der Waals surface area contributed by atoms with E-state index in [1.165, 1.54) is 0 Å². The third-order valence-corrected chi connectivity index (χ3v) is 3.70. The normalized spacial score (nSPS) is 28.1. The van der Waals surface area contributed by atoms with Crippen LogP contribution in [0, 0.1) is 12.3 Å². The number of aromatic nitrogens is 1. The molecule has 1 aromatic rings. The Kier molecular flexibility index (Phi) is 3.15. The average molecular weight is 233 g/mol. The topological polar surface area (TPSA) is 68.0 Å². The quantitative estimate of drug-likeness (QED) is 0.819. The van der Waals surface area contributed by atoms with Gasteiger partial charge in [0.2, 0.25) is 5.91 Å². The van der Waals surface area contributed by atoms with Gasteiger partial charge in [-0.3, -0.25) is 4.79 Å². The summed E-state index contributed by atoms with van der Waals surface area (Å²) in [6.07, 6.45) is 4.54. The van der Waals surface area contributed by atoms with Gasteiger partial charge in [-0.25, -0.2) is 4.98 Å². The molecular weight excluding hydrogens is 214 g/mol. The van der Waals surface area contributed by atoms with E-state index in [0.29, 0.717) is 5.82 Å². The van der Waals surface area contributed by atoms with E-state index in [4.69, 9.17) is 5.73 Å². The number of amides is 1. The molecule has 0 spiro atoms. The monoisotopic (exact) mass is 233 g/mol. The number of anilines is 1. The number of rotatable bonds is 2. The summed E-state index contributed by atoms with van der Waals surface area (Å²) < 4.78 is 0. The third-order valence-electron chi connectivity index (χ3n) is 3.70. The Hall–Kier alpha value is -1.42. The number of hydrogen-bond donors (Lipinski definition) is 2. The minimum Gasteiger partial charge on any atom is -0.327 e. The molecule has 2 unspecified atom stereocenters. The van der Waals surface area contributed by atoms with Crippen molar-refractivity contribution in [3.05, 3.63) is 23.9 Å². The van der Waals surface area contributed by atoms with Crippen molar-refractivity contribution in [2.45, 2.75) is 39.2 Å². The van der Waals surface area contributed by atoms with Crippen LogP contribution in [-0.2, 0) is 4.79 Å². The van der Waals surface area contributed by atoms with Gasteiger partial charge in [0.25, 0.3) is 0 Å². The molecule has 0 aromatic carbocycles. The van der Waals surface area contributed by atoms with E-state index in [1.807, 2.05) is 26.0 Å². The van der Waals surface area contributed by atoms with Crippen LogP contribution in [0.2, 0.25) is 0 Å². The second-order valence-electron chi connectivity index (χ2n) is 5.09. The molecule has 2 atom stereocenters. The number of hydrogen-bond acceptors (Lipinski definition) is 3. The standard InChI is InChI=1S/C13H19N3O/c1-9-5-6-11(15-8-9)16-12(17)13(2)7-3-4-10(13)14/h5-6,8,10H,3-4,7,14H2,1-2H3,(H,15,16,17). The summed E-state index contributed by atoms with van der Waals surface area (Å²) in [5.74, 6) is 0.583. The fourth-order valence-electron chi connectivity index (χ4n) is 2.28. The zero-order valence-electron chi connectivity index (χ0n) is 10.4. The Labute approximate surface area is 102 Å². The summed E-state index contributed by atoms with van der Waals surface area (Å²) in [5.41, 5.74) is 6.63. The number of carbonyl (C=O) groups excluding carboxylic acids is 1. The molecule has 1 amide bonds. The van der Waals surface area contributed by atoms with Gasteiger partial charge in [-0.05, 0) is 38.3 Å². The summed E-state index contributed by atoms with van der Waals surface area (Å²) >= 11 is 0. The number of carbonyl (C=O) groups is 1. The van der Waals surface area contributed by atoms with Gasteiger partial charge >= 0.3 is 0 Å². The van der Waals surface area contributed by atoms with Gasteiger partial charge in [-0.1, -0.05) is 12.5 Å². The second-order valence-corrected chi connectivity index (χ2v) is 5.09. The first-order valence-electron chi connectivity index (χ1n) is 6.02. The highest BCUT2D eigenvalue weighted by Gasteiger charge is 2.42. The van der Waals surface area contributed by atoms with Gasteiger partial charge in [0.05, 0.1) is 5.41 Å². The third kappa shape index (κ3) is 2.31. The first-order valence-corrected chi connectivity index (χ1v) is 6.02. The molecule has 1 aliphatic carbocycles. The molecule has 1 aliphatic rings. The number of nitrogens with two attached hydrogens (primary N) is 1. The predicted octanol–water partition coefficient (Wildman–Crippen LogP) is 1.85. The largest absolute Gasteiger partial charge is 0.327 e. The Bertz CT molecular complexity index is 415. The van der Waals surface area contributed by atoms with Gasteiger partial charge in [0.1, 0.15) is 5.82 Å². The van der Waals surface area contributed by atoms with Crippen molar-refractivity contribution in [2.24, 2.45) is 11.1 Å². The minimum atomic E-state index is -0.452. The smallest absolute Gasteiger partial charge is 0.233 e. The van der Waals surface area contributed by atoms with Crippen LogP contribution in [0.15, 0.2) is 18.3 Å². The van der Waals surface area contributed by atoms with E-state index in [9.17, 15) is 4.79 Å². The van der Waals surface area contributed by atoms with Crippen molar-refractivity contribution in [3.63, 3.8) is 0 Å². The van der Waals surface area contributed by atoms with E-state index in [2.05, 4.69) is 10.3 Å². The van der Waals surface area contributed by atoms with E-state index < -0.39 is 5.41 Å².